The number of imidazole rings is 1. The lowest BCUT2D eigenvalue weighted by atomic mass is 9.79. The third-order valence-electron chi connectivity index (χ3n) is 2.84. The molecule has 0 amide bonds. The third-order valence-corrected chi connectivity index (χ3v) is 2.84. The van der Waals surface area contributed by atoms with Gasteiger partial charge in [-0.1, -0.05) is 5.46 Å². The Morgan fingerprint density at radius 2 is 2.05 bits per heavy atom. The first-order valence-corrected chi connectivity index (χ1v) is 5.98. The van der Waals surface area contributed by atoms with Crippen molar-refractivity contribution in [1.29, 1.82) is 0 Å². The van der Waals surface area contributed by atoms with Gasteiger partial charge in [-0.2, -0.15) is 0 Å². The summed E-state index contributed by atoms with van der Waals surface area (Å²) in [6, 6.07) is 2.40. The predicted octanol–water partition coefficient (Wildman–Crippen LogP) is 2.46. The Morgan fingerprint density at radius 3 is 2.65 bits per heavy atom. The minimum Gasteiger partial charge on any atom is -0.495 e. The van der Waals surface area contributed by atoms with Gasteiger partial charge in [0.25, 0.3) is 0 Å². The molecule has 0 aliphatic rings. The zero-order chi connectivity index (χ0) is 14.8. The second kappa shape index (κ2) is 5.56. The molecule has 0 aliphatic heterocycles. The normalized spacial score (nSPS) is 11.7. The lowest BCUT2D eigenvalue weighted by Gasteiger charge is -2.20. The molecule has 2 rings (SSSR count). The van der Waals surface area contributed by atoms with E-state index in [-0.39, 0.29) is 12.4 Å². The molecule has 3 nitrogen and oxygen atoms in total. The minimum atomic E-state index is -5.31. The average Bonchev–Trinajstić information content (AvgIpc) is 2.76. The Hall–Kier alpha value is -1.99. The van der Waals surface area contributed by atoms with E-state index in [1.54, 1.807) is 23.9 Å². The monoisotopic (exact) mass is 287 g/mol. The van der Waals surface area contributed by atoms with Crippen LogP contribution in [0.15, 0.2) is 30.6 Å². The smallest absolute Gasteiger partial charge is 0.495 e. The zero-order valence-corrected chi connectivity index (χ0v) is 10.7. The van der Waals surface area contributed by atoms with Crippen molar-refractivity contribution in [2.75, 3.05) is 6.61 Å². The first kappa shape index (κ1) is 14.4. The fraction of sp³-hybridized carbons (Fsp3) is 0.250. The fourth-order valence-corrected chi connectivity index (χ4v) is 1.80. The number of aryl methyl sites for hydroxylation is 1. The summed E-state index contributed by atoms with van der Waals surface area (Å²) in [5.41, 5.74) is -1.05. The van der Waals surface area contributed by atoms with Crippen molar-refractivity contribution in [3.63, 3.8) is 0 Å². The molecule has 0 spiro atoms. The van der Waals surface area contributed by atoms with Crippen molar-refractivity contribution in [3.05, 3.63) is 42.2 Å². The highest BCUT2D eigenvalue weighted by molar-refractivity contribution is 6.74. The van der Waals surface area contributed by atoms with Crippen LogP contribution < -0.4 is 10.2 Å². The Bertz CT molecular complexity index is 597. The summed E-state index contributed by atoms with van der Waals surface area (Å²) in [6.07, 6.45) is 3.30. The number of benzene rings is 1. The minimum absolute atomic E-state index is 0.0436. The highest BCUT2D eigenvalue weighted by Crippen LogP contribution is 2.18. The van der Waals surface area contributed by atoms with E-state index in [2.05, 4.69) is 4.98 Å². The molecule has 1 aromatic heterocycles. The summed E-state index contributed by atoms with van der Waals surface area (Å²) in [7, 11) is 0. The number of halogens is 4. The van der Waals surface area contributed by atoms with Gasteiger partial charge in [0.05, 0.1) is 12.3 Å². The second-order valence-corrected chi connectivity index (χ2v) is 4.27. The van der Waals surface area contributed by atoms with Crippen LogP contribution in [0, 0.1) is 12.7 Å². The van der Waals surface area contributed by atoms with Crippen LogP contribution in [0.25, 0.3) is 0 Å². The van der Waals surface area contributed by atoms with Gasteiger partial charge in [0.2, 0.25) is 0 Å². The Kier molecular flexibility index (Phi) is 4.01. The summed E-state index contributed by atoms with van der Waals surface area (Å²) in [6.45, 7) is -3.12. The topological polar surface area (TPSA) is 27.1 Å². The number of nitrogens with zero attached hydrogens (tertiary/aromatic N) is 2. The van der Waals surface area contributed by atoms with Gasteiger partial charge in [0, 0.05) is 12.4 Å². The van der Waals surface area contributed by atoms with Crippen LogP contribution in [-0.4, -0.2) is 23.1 Å². The molecule has 0 saturated carbocycles. The maximum absolute atomic E-state index is 12.9. The van der Waals surface area contributed by atoms with Crippen molar-refractivity contribution in [2.45, 2.75) is 13.5 Å². The summed E-state index contributed by atoms with van der Waals surface area (Å²) >= 11 is 0. The van der Waals surface area contributed by atoms with Crippen molar-refractivity contribution >= 4 is 12.4 Å². The predicted molar refractivity (Wildman–Crippen MR) is 67.6 cm³/mol. The van der Waals surface area contributed by atoms with Gasteiger partial charge in [-0.25, -0.2) is 9.37 Å². The average molecular weight is 287 g/mol. The summed E-state index contributed by atoms with van der Waals surface area (Å²) in [5.74, 6) is -0.540. The van der Waals surface area contributed by atoms with E-state index in [9.17, 15) is 17.3 Å². The van der Waals surface area contributed by atoms with Gasteiger partial charge in [0.1, 0.15) is 18.2 Å². The number of hydrogen-bond donors (Lipinski definition) is 0. The zero-order valence-electron chi connectivity index (χ0n) is 10.7. The fourth-order valence-electron chi connectivity index (χ4n) is 1.80. The Morgan fingerprint density at radius 1 is 1.30 bits per heavy atom. The number of rotatable bonds is 5. The first-order chi connectivity index (χ1) is 9.38. The highest BCUT2D eigenvalue weighted by Gasteiger charge is 2.29. The van der Waals surface area contributed by atoms with E-state index >= 15 is 0 Å². The first-order valence-electron chi connectivity index (χ1n) is 5.98. The SMILES string of the molecule is Cc1nccn1CCOc1ccc(F)cc1[B-](F)(F)F. The van der Waals surface area contributed by atoms with Gasteiger partial charge in [-0.15, -0.1) is 0 Å². The third kappa shape index (κ3) is 3.31. The standard InChI is InChI=1S/C12H12BF4N2O/c1-9-18-4-5-19(9)6-7-20-12-3-2-10(14)8-11(12)13(15,16)17/h2-5,8H,6-7H2,1H3/q-1. The van der Waals surface area contributed by atoms with Gasteiger partial charge in [-0.05, 0) is 25.1 Å². The van der Waals surface area contributed by atoms with E-state index < -0.39 is 18.3 Å². The van der Waals surface area contributed by atoms with Crippen LogP contribution in [0.3, 0.4) is 0 Å². The largest absolute Gasteiger partial charge is 0.513 e. The quantitative estimate of drug-likeness (QED) is 0.624. The molecule has 0 saturated heterocycles. The molecule has 20 heavy (non-hydrogen) atoms. The summed E-state index contributed by atoms with van der Waals surface area (Å²) < 4.78 is 58.2. The molecule has 0 unspecified atom stereocenters. The molecular weight excluding hydrogens is 275 g/mol. The Labute approximate surface area is 113 Å². The van der Waals surface area contributed by atoms with Crippen LogP contribution in [0.4, 0.5) is 17.3 Å². The number of aromatic nitrogens is 2. The lowest BCUT2D eigenvalue weighted by molar-refractivity contribution is 0.297. The molecule has 1 heterocycles. The maximum Gasteiger partial charge on any atom is 0.513 e. The number of ether oxygens (including phenoxy) is 1. The van der Waals surface area contributed by atoms with Gasteiger partial charge in [0.15, 0.2) is 0 Å². The summed E-state index contributed by atoms with van der Waals surface area (Å²) in [5, 5.41) is 0. The van der Waals surface area contributed by atoms with Crippen LogP contribution in [0.1, 0.15) is 5.82 Å². The highest BCUT2D eigenvalue weighted by atomic mass is 19.4. The van der Waals surface area contributed by atoms with E-state index in [1.807, 2.05) is 0 Å². The van der Waals surface area contributed by atoms with E-state index in [0.717, 1.165) is 18.0 Å². The maximum atomic E-state index is 12.9. The Balaban J connectivity index is 2.08. The van der Waals surface area contributed by atoms with Crippen LogP contribution in [-0.2, 0) is 6.54 Å². The molecule has 2 aromatic rings. The summed E-state index contributed by atoms with van der Waals surface area (Å²) in [4.78, 5) is 3.99. The van der Waals surface area contributed by atoms with E-state index in [1.165, 1.54) is 0 Å². The molecule has 0 bridgehead atoms. The van der Waals surface area contributed by atoms with E-state index in [4.69, 9.17) is 4.74 Å². The van der Waals surface area contributed by atoms with E-state index in [0.29, 0.717) is 12.6 Å². The van der Waals surface area contributed by atoms with Gasteiger partial charge in [-0.3, -0.25) is 0 Å². The van der Waals surface area contributed by atoms with Gasteiger partial charge >= 0.3 is 6.98 Å². The molecule has 0 radical (unpaired) electrons. The molecule has 8 heteroatoms. The molecule has 108 valence electrons. The van der Waals surface area contributed by atoms with Crippen molar-refractivity contribution in [2.24, 2.45) is 0 Å². The van der Waals surface area contributed by atoms with Crippen LogP contribution in [0.5, 0.6) is 5.75 Å². The van der Waals surface area contributed by atoms with Crippen molar-refractivity contribution in [3.8, 4) is 5.75 Å². The van der Waals surface area contributed by atoms with Crippen molar-refractivity contribution < 1.29 is 22.1 Å². The second-order valence-electron chi connectivity index (χ2n) is 4.27. The molecule has 0 aliphatic carbocycles. The lowest BCUT2D eigenvalue weighted by Crippen LogP contribution is -2.36. The molecule has 1 aromatic carbocycles. The molecule has 0 fully saturated rings. The molecular formula is C12H12BF4N2O-. The number of hydrogen-bond acceptors (Lipinski definition) is 2. The molecule has 0 atom stereocenters. The van der Waals surface area contributed by atoms with Crippen molar-refractivity contribution in [1.82, 2.24) is 9.55 Å². The van der Waals surface area contributed by atoms with Crippen LogP contribution >= 0.6 is 0 Å². The van der Waals surface area contributed by atoms with Gasteiger partial charge < -0.3 is 22.3 Å². The molecule has 0 N–H and O–H groups in total. The van der Waals surface area contributed by atoms with Crippen LogP contribution in [0.2, 0.25) is 0 Å².